The van der Waals surface area contributed by atoms with E-state index in [2.05, 4.69) is 4.98 Å². The number of carbonyl (C=O) groups is 2. The van der Waals surface area contributed by atoms with Gasteiger partial charge in [-0.15, -0.1) is 0 Å². The highest BCUT2D eigenvalue weighted by molar-refractivity contribution is 6.43. The Morgan fingerprint density at radius 1 is 1.30 bits per heavy atom. The predicted octanol–water partition coefficient (Wildman–Crippen LogP) is 4.25. The van der Waals surface area contributed by atoms with Gasteiger partial charge >= 0.3 is 12.1 Å². The van der Waals surface area contributed by atoms with E-state index >= 15 is 0 Å². The Kier molecular flexibility index (Phi) is 6.27. The SMILES string of the molecule is CCc1c(Cl)c(Cl)cc2c1nc(CN(C)C(=O)OC(C)(C)C)n2OC(C)=O. The molecule has 0 aliphatic heterocycles. The number of aromatic nitrogens is 2. The Bertz CT molecular complexity index is 887. The Labute approximate surface area is 168 Å². The summed E-state index contributed by atoms with van der Waals surface area (Å²) in [5, 5.41) is 0.743. The number of carbonyl (C=O) groups excluding carboxylic acids is 2. The van der Waals surface area contributed by atoms with Crippen LogP contribution in [0.3, 0.4) is 0 Å². The van der Waals surface area contributed by atoms with E-state index in [0.717, 1.165) is 5.56 Å². The number of aryl methyl sites for hydroxylation is 1. The van der Waals surface area contributed by atoms with Gasteiger partial charge in [0.25, 0.3) is 0 Å². The molecular weight excluding hydrogens is 393 g/mol. The van der Waals surface area contributed by atoms with Crippen LogP contribution in [0.1, 0.15) is 46.0 Å². The van der Waals surface area contributed by atoms with Crippen LogP contribution in [0.15, 0.2) is 6.07 Å². The summed E-state index contributed by atoms with van der Waals surface area (Å²) in [6.07, 6.45) is 0.0737. The predicted molar refractivity (Wildman–Crippen MR) is 104 cm³/mol. The third-order valence-electron chi connectivity index (χ3n) is 3.62. The molecule has 0 saturated heterocycles. The first kappa shape index (κ1) is 21.3. The number of rotatable bonds is 4. The zero-order valence-corrected chi connectivity index (χ0v) is 17.7. The molecule has 2 rings (SSSR count). The third kappa shape index (κ3) is 4.84. The Morgan fingerprint density at radius 2 is 1.93 bits per heavy atom. The highest BCUT2D eigenvalue weighted by atomic mass is 35.5. The van der Waals surface area contributed by atoms with Gasteiger partial charge in [0.2, 0.25) is 0 Å². The molecule has 7 nitrogen and oxygen atoms in total. The second-order valence-corrected chi connectivity index (χ2v) is 7.90. The molecule has 1 aromatic carbocycles. The van der Waals surface area contributed by atoms with E-state index in [1.807, 2.05) is 6.92 Å². The minimum Gasteiger partial charge on any atom is -0.444 e. The molecule has 0 spiro atoms. The van der Waals surface area contributed by atoms with Gasteiger partial charge in [-0.1, -0.05) is 30.1 Å². The van der Waals surface area contributed by atoms with Crippen LogP contribution in [0.25, 0.3) is 11.0 Å². The molecule has 1 heterocycles. The van der Waals surface area contributed by atoms with Crippen LogP contribution in [-0.4, -0.2) is 39.3 Å². The van der Waals surface area contributed by atoms with E-state index in [9.17, 15) is 9.59 Å². The molecule has 0 radical (unpaired) electrons. The molecule has 0 aliphatic carbocycles. The van der Waals surface area contributed by atoms with E-state index in [1.54, 1.807) is 33.9 Å². The summed E-state index contributed by atoms with van der Waals surface area (Å²) in [4.78, 5) is 35.1. The van der Waals surface area contributed by atoms with Crippen molar-refractivity contribution in [3.63, 3.8) is 0 Å². The number of ether oxygens (including phenoxy) is 1. The summed E-state index contributed by atoms with van der Waals surface area (Å²) < 4.78 is 6.63. The van der Waals surface area contributed by atoms with Crippen molar-refractivity contribution in [1.82, 2.24) is 14.6 Å². The molecule has 9 heteroatoms. The Hall–Kier alpha value is -1.99. The largest absolute Gasteiger partial charge is 0.444 e. The zero-order chi connectivity index (χ0) is 20.5. The summed E-state index contributed by atoms with van der Waals surface area (Å²) in [6.45, 7) is 8.62. The fourth-order valence-corrected chi connectivity index (χ4v) is 3.01. The van der Waals surface area contributed by atoms with Crippen molar-refractivity contribution in [2.24, 2.45) is 0 Å². The number of hydrogen-bond acceptors (Lipinski definition) is 5. The molecule has 1 amide bonds. The molecule has 0 fully saturated rings. The first-order valence-electron chi connectivity index (χ1n) is 8.45. The van der Waals surface area contributed by atoms with Gasteiger partial charge in [0.05, 0.1) is 22.1 Å². The van der Waals surface area contributed by atoms with Crippen molar-refractivity contribution in [1.29, 1.82) is 0 Å². The molecule has 0 aliphatic rings. The highest BCUT2D eigenvalue weighted by Gasteiger charge is 2.24. The van der Waals surface area contributed by atoms with Gasteiger partial charge in [0.15, 0.2) is 5.82 Å². The maximum atomic E-state index is 12.3. The van der Waals surface area contributed by atoms with Crippen molar-refractivity contribution in [3.8, 4) is 0 Å². The molecular formula is C18H23Cl2N3O4. The molecule has 0 saturated carbocycles. The lowest BCUT2D eigenvalue weighted by Gasteiger charge is -2.24. The van der Waals surface area contributed by atoms with Gasteiger partial charge in [-0.3, -0.25) is 0 Å². The van der Waals surface area contributed by atoms with E-state index in [4.69, 9.17) is 32.8 Å². The van der Waals surface area contributed by atoms with E-state index in [0.29, 0.717) is 33.3 Å². The van der Waals surface area contributed by atoms with Crippen molar-refractivity contribution in [2.45, 2.75) is 53.2 Å². The maximum absolute atomic E-state index is 12.3. The summed E-state index contributed by atoms with van der Waals surface area (Å²) in [7, 11) is 1.58. The first-order chi connectivity index (χ1) is 12.4. The number of fused-ring (bicyclic) bond motifs is 1. The molecule has 0 unspecified atom stereocenters. The van der Waals surface area contributed by atoms with Crippen LogP contribution in [-0.2, 0) is 22.5 Å². The quantitative estimate of drug-likeness (QED) is 0.745. The molecule has 148 valence electrons. The maximum Gasteiger partial charge on any atom is 0.410 e. The number of imidazole rings is 1. The smallest absolute Gasteiger partial charge is 0.410 e. The summed E-state index contributed by atoms with van der Waals surface area (Å²) in [5.74, 6) is -0.179. The number of hydrogen-bond donors (Lipinski definition) is 0. The number of benzene rings is 1. The normalized spacial score (nSPS) is 11.6. The second-order valence-electron chi connectivity index (χ2n) is 7.11. The van der Waals surface area contributed by atoms with E-state index in [1.165, 1.54) is 16.6 Å². The third-order valence-corrected chi connectivity index (χ3v) is 4.44. The monoisotopic (exact) mass is 415 g/mol. The van der Waals surface area contributed by atoms with Crippen LogP contribution >= 0.6 is 23.2 Å². The topological polar surface area (TPSA) is 73.7 Å². The lowest BCUT2D eigenvalue weighted by Crippen LogP contribution is -2.35. The van der Waals surface area contributed by atoms with E-state index < -0.39 is 17.7 Å². The zero-order valence-electron chi connectivity index (χ0n) is 16.2. The van der Waals surface area contributed by atoms with Crippen molar-refractivity contribution >= 4 is 46.3 Å². The van der Waals surface area contributed by atoms with Crippen LogP contribution < -0.4 is 4.84 Å². The lowest BCUT2D eigenvalue weighted by atomic mass is 10.1. The summed E-state index contributed by atoms with van der Waals surface area (Å²) in [5.41, 5.74) is 1.19. The van der Waals surface area contributed by atoms with Crippen LogP contribution in [0, 0.1) is 0 Å². The number of halogens is 2. The van der Waals surface area contributed by atoms with Crippen molar-refractivity contribution < 1.29 is 19.2 Å². The molecule has 1 aromatic heterocycles. The molecule has 2 aromatic rings. The van der Waals surface area contributed by atoms with E-state index in [-0.39, 0.29) is 6.54 Å². The highest BCUT2D eigenvalue weighted by Crippen LogP contribution is 2.33. The van der Waals surface area contributed by atoms with Crippen LogP contribution in [0.2, 0.25) is 10.0 Å². The average molecular weight is 416 g/mol. The number of nitrogens with zero attached hydrogens (tertiary/aromatic N) is 3. The first-order valence-corrected chi connectivity index (χ1v) is 9.21. The van der Waals surface area contributed by atoms with Gasteiger partial charge in [-0.05, 0) is 38.8 Å². The van der Waals surface area contributed by atoms with Crippen molar-refractivity contribution in [3.05, 3.63) is 27.5 Å². The van der Waals surface area contributed by atoms with Gasteiger partial charge in [0.1, 0.15) is 11.1 Å². The van der Waals surface area contributed by atoms with Crippen molar-refractivity contribution in [2.75, 3.05) is 7.05 Å². The standard InChI is InChI=1S/C18H23Cl2N3O4/c1-7-11-15(20)12(19)8-13-16(11)21-14(23(13)27-10(2)24)9-22(6)17(25)26-18(3,4)5/h8H,7,9H2,1-6H3. The number of amides is 1. The van der Waals surface area contributed by atoms with Gasteiger partial charge in [0, 0.05) is 14.0 Å². The summed E-state index contributed by atoms with van der Waals surface area (Å²) in [6, 6.07) is 1.59. The molecule has 0 N–H and O–H groups in total. The fraction of sp³-hybridized carbons (Fsp3) is 0.500. The van der Waals surface area contributed by atoms with Crippen LogP contribution in [0.5, 0.6) is 0 Å². The van der Waals surface area contributed by atoms with Crippen LogP contribution in [0.4, 0.5) is 4.79 Å². The van der Waals surface area contributed by atoms with Gasteiger partial charge < -0.3 is 14.5 Å². The minimum atomic E-state index is -0.627. The average Bonchev–Trinajstić information content (AvgIpc) is 2.83. The lowest BCUT2D eigenvalue weighted by molar-refractivity contribution is -0.141. The fourth-order valence-electron chi connectivity index (χ4n) is 2.52. The summed E-state index contributed by atoms with van der Waals surface area (Å²) >= 11 is 12.5. The molecule has 27 heavy (non-hydrogen) atoms. The molecule has 0 atom stereocenters. The second kappa shape index (κ2) is 7.94. The molecule has 0 bridgehead atoms. The van der Waals surface area contributed by atoms with Gasteiger partial charge in [-0.2, -0.15) is 4.73 Å². The Morgan fingerprint density at radius 3 is 2.44 bits per heavy atom. The van der Waals surface area contributed by atoms with Gasteiger partial charge in [-0.25, -0.2) is 14.6 Å². The Balaban J connectivity index is 2.52. The minimum absolute atomic E-state index is 0.0647.